The van der Waals surface area contributed by atoms with Crippen LogP contribution >= 0.6 is 11.6 Å². The van der Waals surface area contributed by atoms with E-state index in [-0.39, 0.29) is 5.82 Å². The smallest absolute Gasteiger partial charge is 0.126 e. The fourth-order valence-corrected chi connectivity index (χ4v) is 2.94. The van der Waals surface area contributed by atoms with Gasteiger partial charge in [0.2, 0.25) is 0 Å². The zero-order valence-electron chi connectivity index (χ0n) is 10.2. The van der Waals surface area contributed by atoms with E-state index in [0.29, 0.717) is 17.0 Å². The summed E-state index contributed by atoms with van der Waals surface area (Å²) in [7, 11) is 0. The van der Waals surface area contributed by atoms with Gasteiger partial charge in [0.15, 0.2) is 0 Å². The minimum Gasteiger partial charge on any atom is -0.314 e. The SMILES string of the molecule is CCNC1CCC(Cc2cc(Cl)ccc2F)C1. The summed E-state index contributed by atoms with van der Waals surface area (Å²) in [5, 5.41) is 4.09. The predicted molar refractivity (Wildman–Crippen MR) is 69.9 cm³/mol. The van der Waals surface area contributed by atoms with Crippen LogP contribution in [-0.2, 0) is 6.42 Å². The van der Waals surface area contributed by atoms with Gasteiger partial charge in [-0.1, -0.05) is 18.5 Å². The Labute approximate surface area is 107 Å². The summed E-state index contributed by atoms with van der Waals surface area (Å²) >= 11 is 5.90. The van der Waals surface area contributed by atoms with Gasteiger partial charge in [-0.3, -0.25) is 0 Å². The molecule has 0 heterocycles. The van der Waals surface area contributed by atoms with Crippen molar-refractivity contribution in [3.8, 4) is 0 Å². The standard InChI is InChI=1S/C14H19ClFN/c1-2-17-13-5-3-10(8-13)7-11-9-12(15)4-6-14(11)16/h4,6,9-10,13,17H,2-3,5,7-8H2,1H3. The van der Waals surface area contributed by atoms with Crippen LogP contribution in [0, 0.1) is 11.7 Å². The molecule has 94 valence electrons. The Morgan fingerprint density at radius 3 is 3.00 bits per heavy atom. The second kappa shape index (κ2) is 5.83. The maximum atomic E-state index is 13.6. The van der Waals surface area contributed by atoms with Crippen LogP contribution in [-0.4, -0.2) is 12.6 Å². The maximum Gasteiger partial charge on any atom is 0.126 e. The van der Waals surface area contributed by atoms with Gasteiger partial charge in [0.25, 0.3) is 0 Å². The summed E-state index contributed by atoms with van der Waals surface area (Å²) in [6, 6.07) is 5.45. The molecule has 0 aromatic heterocycles. The Balaban J connectivity index is 1.95. The van der Waals surface area contributed by atoms with Crippen LogP contribution in [0.25, 0.3) is 0 Å². The molecule has 1 aliphatic rings. The maximum absolute atomic E-state index is 13.6. The van der Waals surface area contributed by atoms with Crippen LogP contribution in [0.15, 0.2) is 18.2 Å². The Kier molecular flexibility index (Phi) is 4.41. The predicted octanol–water partition coefficient (Wildman–Crippen LogP) is 3.80. The minimum atomic E-state index is -0.124. The third-order valence-corrected chi connectivity index (χ3v) is 3.79. The van der Waals surface area contributed by atoms with E-state index in [4.69, 9.17) is 11.6 Å². The fourth-order valence-electron chi connectivity index (χ4n) is 2.75. The Morgan fingerprint density at radius 1 is 1.41 bits per heavy atom. The van der Waals surface area contributed by atoms with Gasteiger partial charge in [0, 0.05) is 11.1 Å². The van der Waals surface area contributed by atoms with E-state index >= 15 is 0 Å². The fraction of sp³-hybridized carbons (Fsp3) is 0.571. The van der Waals surface area contributed by atoms with E-state index in [9.17, 15) is 4.39 Å². The molecule has 1 nitrogen and oxygen atoms in total. The topological polar surface area (TPSA) is 12.0 Å². The molecule has 0 amide bonds. The summed E-state index contributed by atoms with van der Waals surface area (Å²) in [5.41, 5.74) is 0.764. The van der Waals surface area contributed by atoms with Crippen molar-refractivity contribution in [3.63, 3.8) is 0 Å². The van der Waals surface area contributed by atoms with Gasteiger partial charge in [0.1, 0.15) is 5.82 Å². The van der Waals surface area contributed by atoms with Crippen molar-refractivity contribution in [2.24, 2.45) is 5.92 Å². The quantitative estimate of drug-likeness (QED) is 0.863. The van der Waals surface area contributed by atoms with Crippen LogP contribution in [0.2, 0.25) is 5.02 Å². The van der Waals surface area contributed by atoms with Gasteiger partial charge in [-0.2, -0.15) is 0 Å². The zero-order chi connectivity index (χ0) is 12.3. The first-order valence-corrected chi connectivity index (χ1v) is 6.74. The third kappa shape index (κ3) is 3.43. The first kappa shape index (κ1) is 12.8. The van der Waals surface area contributed by atoms with Gasteiger partial charge in [-0.25, -0.2) is 4.39 Å². The van der Waals surface area contributed by atoms with Gasteiger partial charge in [0.05, 0.1) is 0 Å². The van der Waals surface area contributed by atoms with Gasteiger partial charge < -0.3 is 5.32 Å². The van der Waals surface area contributed by atoms with E-state index < -0.39 is 0 Å². The van der Waals surface area contributed by atoms with E-state index in [1.54, 1.807) is 12.1 Å². The number of halogens is 2. The molecule has 1 fully saturated rings. The molecule has 0 radical (unpaired) electrons. The summed E-state index contributed by atoms with van der Waals surface area (Å²) in [4.78, 5) is 0. The zero-order valence-corrected chi connectivity index (χ0v) is 10.9. The molecular formula is C14H19ClFN. The molecule has 2 rings (SSSR count). The van der Waals surface area contributed by atoms with Crippen molar-refractivity contribution in [3.05, 3.63) is 34.6 Å². The van der Waals surface area contributed by atoms with Crippen molar-refractivity contribution in [1.29, 1.82) is 0 Å². The average molecular weight is 256 g/mol. The molecule has 1 N–H and O–H groups in total. The lowest BCUT2D eigenvalue weighted by molar-refractivity contribution is 0.484. The molecule has 0 aliphatic heterocycles. The molecule has 0 saturated heterocycles. The largest absolute Gasteiger partial charge is 0.314 e. The van der Waals surface area contributed by atoms with Crippen LogP contribution in [0.1, 0.15) is 31.7 Å². The molecule has 2 atom stereocenters. The highest BCUT2D eigenvalue weighted by Gasteiger charge is 2.24. The van der Waals surface area contributed by atoms with E-state index in [1.807, 2.05) is 0 Å². The summed E-state index contributed by atoms with van der Waals surface area (Å²) in [5.74, 6) is 0.466. The number of hydrogen-bond acceptors (Lipinski definition) is 1. The number of hydrogen-bond donors (Lipinski definition) is 1. The molecule has 0 bridgehead atoms. The highest BCUT2D eigenvalue weighted by atomic mass is 35.5. The lowest BCUT2D eigenvalue weighted by atomic mass is 9.97. The molecule has 1 aliphatic carbocycles. The third-order valence-electron chi connectivity index (χ3n) is 3.55. The first-order chi connectivity index (χ1) is 8.19. The summed E-state index contributed by atoms with van der Waals surface area (Å²) in [6.45, 7) is 3.15. The molecule has 1 saturated carbocycles. The number of nitrogens with one attached hydrogen (secondary N) is 1. The monoisotopic (exact) mass is 255 g/mol. The van der Waals surface area contributed by atoms with Crippen molar-refractivity contribution >= 4 is 11.6 Å². The van der Waals surface area contributed by atoms with Crippen molar-refractivity contribution in [2.75, 3.05) is 6.54 Å². The highest BCUT2D eigenvalue weighted by Crippen LogP contribution is 2.30. The average Bonchev–Trinajstić information content (AvgIpc) is 2.72. The normalized spacial score (nSPS) is 24.2. The molecular weight excluding hydrogens is 237 g/mol. The lowest BCUT2D eigenvalue weighted by Crippen LogP contribution is -2.25. The van der Waals surface area contributed by atoms with Crippen LogP contribution in [0.5, 0.6) is 0 Å². The van der Waals surface area contributed by atoms with E-state index in [0.717, 1.165) is 24.9 Å². The van der Waals surface area contributed by atoms with Crippen molar-refractivity contribution < 1.29 is 4.39 Å². The van der Waals surface area contributed by atoms with Gasteiger partial charge >= 0.3 is 0 Å². The molecule has 0 spiro atoms. The highest BCUT2D eigenvalue weighted by molar-refractivity contribution is 6.30. The minimum absolute atomic E-state index is 0.124. The summed E-state index contributed by atoms with van der Waals surface area (Å²) in [6.07, 6.45) is 4.36. The Bertz CT molecular complexity index is 380. The number of benzene rings is 1. The summed E-state index contributed by atoms with van der Waals surface area (Å²) < 4.78 is 13.6. The second-order valence-corrected chi connectivity index (χ2v) is 5.31. The van der Waals surface area contributed by atoms with E-state index in [2.05, 4.69) is 12.2 Å². The Hall–Kier alpha value is -0.600. The van der Waals surface area contributed by atoms with Gasteiger partial charge in [-0.15, -0.1) is 0 Å². The molecule has 17 heavy (non-hydrogen) atoms. The lowest BCUT2D eigenvalue weighted by Gasteiger charge is -2.12. The molecule has 1 aromatic carbocycles. The van der Waals surface area contributed by atoms with Gasteiger partial charge in [-0.05, 0) is 61.9 Å². The number of rotatable bonds is 4. The van der Waals surface area contributed by atoms with Crippen LogP contribution in [0.3, 0.4) is 0 Å². The van der Waals surface area contributed by atoms with Crippen molar-refractivity contribution in [2.45, 2.75) is 38.6 Å². The van der Waals surface area contributed by atoms with Crippen LogP contribution < -0.4 is 5.32 Å². The molecule has 2 unspecified atom stereocenters. The molecule has 1 aromatic rings. The second-order valence-electron chi connectivity index (χ2n) is 4.87. The first-order valence-electron chi connectivity index (χ1n) is 6.36. The molecule has 3 heteroatoms. The van der Waals surface area contributed by atoms with E-state index in [1.165, 1.54) is 18.9 Å². The van der Waals surface area contributed by atoms with Crippen LogP contribution in [0.4, 0.5) is 4.39 Å². The van der Waals surface area contributed by atoms with Crippen molar-refractivity contribution in [1.82, 2.24) is 5.32 Å². The Morgan fingerprint density at radius 2 is 2.24 bits per heavy atom.